The molecule has 0 atom stereocenters. The Hall–Kier alpha value is -2.49. The average molecular weight is 272 g/mol. The van der Waals surface area contributed by atoms with Crippen molar-refractivity contribution in [3.05, 3.63) is 54.1 Å². The van der Waals surface area contributed by atoms with Gasteiger partial charge in [0.15, 0.2) is 12.4 Å². The van der Waals surface area contributed by atoms with Gasteiger partial charge >= 0.3 is 0 Å². The second-order valence-corrected chi connectivity index (χ2v) is 4.13. The van der Waals surface area contributed by atoms with Gasteiger partial charge in [-0.15, -0.1) is 0 Å². The second kappa shape index (κ2) is 6.61. The molecule has 0 radical (unpaired) electrons. The van der Waals surface area contributed by atoms with Crippen LogP contribution in [0, 0.1) is 0 Å². The van der Waals surface area contributed by atoms with Gasteiger partial charge in [0, 0.05) is 11.6 Å². The maximum Gasteiger partial charge on any atom is 0.200 e. The number of ether oxygens (including phenoxy) is 3. The molecule has 0 amide bonds. The summed E-state index contributed by atoms with van der Waals surface area (Å²) in [5.74, 6) is 1.68. The minimum Gasteiger partial charge on any atom is -0.497 e. The van der Waals surface area contributed by atoms with Crippen LogP contribution in [-0.4, -0.2) is 26.6 Å². The normalized spacial score (nSPS) is 9.90. The van der Waals surface area contributed by atoms with E-state index in [2.05, 4.69) is 0 Å². The molecule has 2 rings (SSSR count). The predicted molar refractivity (Wildman–Crippen MR) is 75.8 cm³/mol. The smallest absolute Gasteiger partial charge is 0.200 e. The van der Waals surface area contributed by atoms with E-state index in [1.807, 2.05) is 18.2 Å². The van der Waals surface area contributed by atoms with E-state index in [-0.39, 0.29) is 12.4 Å². The Kier molecular flexibility index (Phi) is 4.60. The highest BCUT2D eigenvalue weighted by molar-refractivity contribution is 5.98. The van der Waals surface area contributed by atoms with E-state index in [4.69, 9.17) is 14.2 Å². The molecular weight excluding hydrogens is 256 g/mol. The first-order valence-electron chi connectivity index (χ1n) is 6.17. The third kappa shape index (κ3) is 3.51. The van der Waals surface area contributed by atoms with Gasteiger partial charge in [-0.25, -0.2) is 0 Å². The summed E-state index contributed by atoms with van der Waals surface area (Å²) >= 11 is 0. The van der Waals surface area contributed by atoms with Crippen molar-refractivity contribution in [1.82, 2.24) is 0 Å². The van der Waals surface area contributed by atoms with Gasteiger partial charge in [-0.3, -0.25) is 4.79 Å². The van der Waals surface area contributed by atoms with Crippen molar-refractivity contribution in [2.45, 2.75) is 0 Å². The molecule has 2 aromatic rings. The van der Waals surface area contributed by atoms with Crippen molar-refractivity contribution in [2.75, 3.05) is 20.8 Å². The molecule has 0 bridgehead atoms. The maximum atomic E-state index is 12.1. The van der Waals surface area contributed by atoms with E-state index in [0.717, 1.165) is 0 Å². The number of carbonyl (C=O) groups is 1. The van der Waals surface area contributed by atoms with E-state index >= 15 is 0 Å². The fourth-order valence-corrected chi connectivity index (χ4v) is 1.72. The Morgan fingerprint density at radius 3 is 2.05 bits per heavy atom. The highest BCUT2D eigenvalue weighted by Crippen LogP contribution is 2.23. The van der Waals surface area contributed by atoms with E-state index < -0.39 is 0 Å². The van der Waals surface area contributed by atoms with Crippen LogP contribution in [0.3, 0.4) is 0 Å². The molecule has 0 aromatic heterocycles. The third-order valence-electron chi connectivity index (χ3n) is 2.79. The first kappa shape index (κ1) is 13.9. The Balaban J connectivity index is 2.08. The highest BCUT2D eigenvalue weighted by Gasteiger charge is 2.10. The zero-order valence-electron chi connectivity index (χ0n) is 11.5. The van der Waals surface area contributed by atoms with E-state index in [0.29, 0.717) is 22.8 Å². The van der Waals surface area contributed by atoms with Gasteiger partial charge < -0.3 is 14.2 Å². The van der Waals surface area contributed by atoms with Crippen LogP contribution in [0.15, 0.2) is 48.5 Å². The Morgan fingerprint density at radius 1 is 0.900 bits per heavy atom. The van der Waals surface area contributed by atoms with Gasteiger partial charge in [0.25, 0.3) is 0 Å². The molecule has 0 fully saturated rings. The lowest BCUT2D eigenvalue weighted by Gasteiger charge is -2.09. The molecular formula is C16H16O4. The Bertz CT molecular complexity index is 556. The van der Waals surface area contributed by atoms with Gasteiger partial charge in [-0.1, -0.05) is 18.2 Å². The predicted octanol–water partition coefficient (Wildman–Crippen LogP) is 2.97. The van der Waals surface area contributed by atoms with Crippen molar-refractivity contribution in [1.29, 1.82) is 0 Å². The summed E-state index contributed by atoms with van der Waals surface area (Å²) < 4.78 is 15.7. The fraction of sp³-hybridized carbons (Fsp3) is 0.188. The summed E-state index contributed by atoms with van der Waals surface area (Å²) in [6.45, 7) is -0.0274. The Labute approximate surface area is 117 Å². The molecule has 4 heteroatoms. The molecule has 0 aliphatic carbocycles. The van der Waals surface area contributed by atoms with Crippen molar-refractivity contribution in [3.8, 4) is 17.2 Å². The second-order valence-electron chi connectivity index (χ2n) is 4.13. The minimum atomic E-state index is -0.133. The van der Waals surface area contributed by atoms with Crippen LogP contribution in [0.5, 0.6) is 17.2 Å². The van der Waals surface area contributed by atoms with Crippen LogP contribution in [0.1, 0.15) is 10.4 Å². The van der Waals surface area contributed by atoms with E-state index in [1.165, 1.54) is 0 Å². The molecule has 4 nitrogen and oxygen atoms in total. The average Bonchev–Trinajstić information content (AvgIpc) is 2.52. The molecule has 0 heterocycles. The van der Waals surface area contributed by atoms with Crippen molar-refractivity contribution < 1.29 is 19.0 Å². The van der Waals surface area contributed by atoms with Crippen molar-refractivity contribution >= 4 is 5.78 Å². The summed E-state index contributed by atoms with van der Waals surface area (Å²) in [5.41, 5.74) is 0.497. The molecule has 0 spiro atoms. The summed E-state index contributed by atoms with van der Waals surface area (Å²) in [6, 6.07) is 14.3. The SMILES string of the molecule is COc1cc(OC)cc(C(=O)COc2ccccc2)c1. The van der Waals surface area contributed by atoms with Crippen LogP contribution in [-0.2, 0) is 0 Å². The first-order valence-corrected chi connectivity index (χ1v) is 6.17. The third-order valence-corrected chi connectivity index (χ3v) is 2.79. The summed E-state index contributed by atoms with van der Waals surface area (Å²) in [4.78, 5) is 12.1. The number of methoxy groups -OCH3 is 2. The van der Waals surface area contributed by atoms with E-state index in [9.17, 15) is 4.79 Å². The van der Waals surface area contributed by atoms with Gasteiger partial charge in [-0.2, -0.15) is 0 Å². The van der Waals surface area contributed by atoms with Crippen LogP contribution in [0.2, 0.25) is 0 Å². The topological polar surface area (TPSA) is 44.8 Å². The van der Waals surface area contributed by atoms with Crippen LogP contribution < -0.4 is 14.2 Å². The summed E-state index contributed by atoms with van der Waals surface area (Å²) in [6.07, 6.45) is 0. The van der Waals surface area contributed by atoms with Gasteiger partial charge in [0.05, 0.1) is 14.2 Å². The number of para-hydroxylation sites is 1. The number of hydrogen-bond acceptors (Lipinski definition) is 4. The molecule has 0 aliphatic heterocycles. The molecule has 0 unspecified atom stereocenters. The fourth-order valence-electron chi connectivity index (χ4n) is 1.72. The quantitative estimate of drug-likeness (QED) is 0.758. The highest BCUT2D eigenvalue weighted by atomic mass is 16.5. The number of benzene rings is 2. The largest absolute Gasteiger partial charge is 0.497 e. The van der Waals surface area contributed by atoms with Gasteiger partial charge in [0.1, 0.15) is 17.2 Å². The molecule has 0 saturated heterocycles. The lowest BCUT2D eigenvalue weighted by Crippen LogP contribution is -2.11. The number of rotatable bonds is 6. The van der Waals surface area contributed by atoms with E-state index in [1.54, 1.807) is 44.6 Å². The monoisotopic (exact) mass is 272 g/mol. The molecule has 0 aliphatic rings. The lowest BCUT2D eigenvalue weighted by molar-refractivity contribution is 0.0921. The molecule has 0 saturated carbocycles. The summed E-state index contributed by atoms with van der Waals surface area (Å²) in [7, 11) is 3.09. The number of hydrogen-bond donors (Lipinski definition) is 0. The standard InChI is InChI=1S/C16H16O4/c1-18-14-8-12(9-15(10-14)19-2)16(17)11-20-13-6-4-3-5-7-13/h3-10H,11H2,1-2H3. The minimum absolute atomic E-state index is 0.0274. The van der Waals surface area contributed by atoms with Crippen LogP contribution in [0.4, 0.5) is 0 Å². The molecule has 0 N–H and O–H groups in total. The lowest BCUT2D eigenvalue weighted by atomic mass is 10.1. The number of ketones is 1. The number of Topliss-reactive ketones (excluding diaryl/α,β-unsaturated/α-hetero) is 1. The van der Waals surface area contributed by atoms with Crippen LogP contribution in [0.25, 0.3) is 0 Å². The maximum absolute atomic E-state index is 12.1. The number of carbonyl (C=O) groups excluding carboxylic acids is 1. The molecule has 20 heavy (non-hydrogen) atoms. The van der Waals surface area contributed by atoms with Crippen molar-refractivity contribution in [3.63, 3.8) is 0 Å². The zero-order valence-corrected chi connectivity index (χ0v) is 11.5. The van der Waals surface area contributed by atoms with Gasteiger partial charge in [0.2, 0.25) is 0 Å². The van der Waals surface area contributed by atoms with Crippen LogP contribution >= 0.6 is 0 Å². The Morgan fingerprint density at radius 2 is 1.50 bits per heavy atom. The zero-order chi connectivity index (χ0) is 14.4. The van der Waals surface area contributed by atoms with Crippen molar-refractivity contribution in [2.24, 2.45) is 0 Å². The summed E-state index contributed by atoms with van der Waals surface area (Å²) in [5, 5.41) is 0. The molecule has 2 aromatic carbocycles. The van der Waals surface area contributed by atoms with Gasteiger partial charge in [-0.05, 0) is 24.3 Å². The molecule has 104 valence electrons. The first-order chi connectivity index (χ1) is 9.72.